The van der Waals surface area contributed by atoms with Gasteiger partial charge in [-0.1, -0.05) is 24.3 Å². The SMILES string of the molecule is CN1CCN(C(=O)C[C@@H]2CC3(CCNCC3)c3ccccc32)CC1. The largest absolute Gasteiger partial charge is 0.340 e. The first-order valence-corrected chi connectivity index (χ1v) is 9.44. The molecule has 130 valence electrons. The van der Waals surface area contributed by atoms with Crippen molar-refractivity contribution in [3.8, 4) is 0 Å². The molecule has 1 N–H and O–H groups in total. The molecule has 2 saturated heterocycles. The maximum atomic E-state index is 12.8. The van der Waals surface area contributed by atoms with Crippen molar-refractivity contribution < 1.29 is 4.79 Å². The highest BCUT2D eigenvalue weighted by Gasteiger charge is 2.44. The molecule has 1 aliphatic carbocycles. The summed E-state index contributed by atoms with van der Waals surface area (Å²) in [5.41, 5.74) is 3.29. The monoisotopic (exact) mass is 327 g/mol. The molecule has 4 heteroatoms. The summed E-state index contributed by atoms with van der Waals surface area (Å²) in [6.07, 6.45) is 4.27. The lowest BCUT2D eigenvalue weighted by atomic mass is 9.73. The fourth-order valence-electron chi connectivity index (χ4n) is 4.98. The van der Waals surface area contributed by atoms with E-state index in [1.807, 2.05) is 0 Å². The molecule has 24 heavy (non-hydrogen) atoms. The molecule has 1 spiro atoms. The Morgan fingerprint density at radius 3 is 2.62 bits per heavy atom. The molecule has 4 nitrogen and oxygen atoms in total. The number of fused-ring (bicyclic) bond motifs is 2. The Bertz CT molecular complexity index is 601. The molecule has 3 aliphatic rings. The molecule has 2 aliphatic heterocycles. The maximum Gasteiger partial charge on any atom is 0.223 e. The number of rotatable bonds is 2. The smallest absolute Gasteiger partial charge is 0.223 e. The second-order valence-corrected chi connectivity index (χ2v) is 7.91. The minimum absolute atomic E-state index is 0.314. The van der Waals surface area contributed by atoms with Crippen LogP contribution in [0.4, 0.5) is 0 Å². The first-order valence-electron chi connectivity index (χ1n) is 9.44. The molecule has 1 amide bonds. The van der Waals surface area contributed by atoms with E-state index in [-0.39, 0.29) is 0 Å². The summed E-state index contributed by atoms with van der Waals surface area (Å²) in [5.74, 6) is 0.764. The van der Waals surface area contributed by atoms with E-state index < -0.39 is 0 Å². The zero-order valence-electron chi connectivity index (χ0n) is 14.8. The zero-order valence-corrected chi connectivity index (χ0v) is 14.8. The quantitative estimate of drug-likeness (QED) is 0.902. The number of piperazine rings is 1. The lowest BCUT2D eigenvalue weighted by Gasteiger charge is -2.35. The Hall–Kier alpha value is -1.39. The van der Waals surface area contributed by atoms with E-state index >= 15 is 0 Å². The van der Waals surface area contributed by atoms with E-state index in [4.69, 9.17) is 0 Å². The molecule has 0 radical (unpaired) electrons. The van der Waals surface area contributed by atoms with Gasteiger partial charge < -0.3 is 15.1 Å². The van der Waals surface area contributed by atoms with Crippen molar-refractivity contribution in [3.05, 3.63) is 35.4 Å². The third-order valence-electron chi connectivity index (χ3n) is 6.45. The average molecular weight is 327 g/mol. The Labute approximate surface area is 145 Å². The first-order chi connectivity index (χ1) is 11.7. The molecule has 2 fully saturated rings. The second-order valence-electron chi connectivity index (χ2n) is 7.91. The Morgan fingerprint density at radius 1 is 1.17 bits per heavy atom. The minimum Gasteiger partial charge on any atom is -0.340 e. The van der Waals surface area contributed by atoms with Gasteiger partial charge in [0.05, 0.1) is 0 Å². The molecule has 2 heterocycles. The highest BCUT2D eigenvalue weighted by Crippen LogP contribution is 2.51. The van der Waals surface area contributed by atoms with Crippen molar-refractivity contribution in [2.45, 2.75) is 37.0 Å². The van der Waals surface area contributed by atoms with E-state index in [0.717, 1.165) is 45.7 Å². The number of likely N-dealkylation sites (N-methyl/N-ethyl adjacent to an activating group) is 1. The van der Waals surface area contributed by atoms with Crippen LogP contribution in [0.5, 0.6) is 0 Å². The summed E-state index contributed by atoms with van der Waals surface area (Å²) < 4.78 is 0. The van der Waals surface area contributed by atoms with Crippen molar-refractivity contribution >= 4 is 5.91 Å². The van der Waals surface area contributed by atoms with Crippen LogP contribution in [0.2, 0.25) is 0 Å². The van der Waals surface area contributed by atoms with E-state index in [1.54, 1.807) is 0 Å². The number of hydrogen-bond donors (Lipinski definition) is 1. The van der Waals surface area contributed by atoms with Crippen LogP contribution in [0.15, 0.2) is 24.3 Å². The van der Waals surface area contributed by atoms with Gasteiger partial charge in [0.1, 0.15) is 0 Å². The van der Waals surface area contributed by atoms with Crippen molar-refractivity contribution in [2.75, 3.05) is 46.3 Å². The van der Waals surface area contributed by atoms with Crippen LogP contribution in [0.25, 0.3) is 0 Å². The predicted octanol–water partition coefficient (Wildman–Crippen LogP) is 1.96. The molecule has 4 rings (SSSR count). The van der Waals surface area contributed by atoms with Gasteiger partial charge >= 0.3 is 0 Å². The third kappa shape index (κ3) is 2.86. The van der Waals surface area contributed by atoms with Gasteiger partial charge in [-0.05, 0) is 61.9 Å². The number of benzene rings is 1. The van der Waals surface area contributed by atoms with Crippen molar-refractivity contribution in [1.29, 1.82) is 0 Å². The van der Waals surface area contributed by atoms with Gasteiger partial charge in [0.15, 0.2) is 0 Å². The van der Waals surface area contributed by atoms with Gasteiger partial charge in [0.2, 0.25) is 5.91 Å². The van der Waals surface area contributed by atoms with E-state index in [2.05, 4.69) is 46.4 Å². The molecule has 0 aromatic heterocycles. The van der Waals surface area contributed by atoms with Crippen molar-refractivity contribution in [3.63, 3.8) is 0 Å². The number of nitrogens with one attached hydrogen (secondary N) is 1. The van der Waals surface area contributed by atoms with Gasteiger partial charge in [-0.2, -0.15) is 0 Å². The van der Waals surface area contributed by atoms with E-state index in [1.165, 1.54) is 24.0 Å². The molecular formula is C20H29N3O. The summed E-state index contributed by atoms with van der Waals surface area (Å²) >= 11 is 0. The topological polar surface area (TPSA) is 35.6 Å². The van der Waals surface area contributed by atoms with Crippen LogP contribution in [-0.2, 0) is 10.2 Å². The molecule has 1 aromatic rings. The number of amides is 1. The lowest BCUT2D eigenvalue weighted by Crippen LogP contribution is -2.47. The molecule has 1 aromatic carbocycles. The zero-order chi connectivity index (χ0) is 16.6. The number of hydrogen-bond acceptors (Lipinski definition) is 3. The third-order valence-corrected chi connectivity index (χ3v) is 6.45. The fraction of sp³-hybridized carbons (Fsp3) is 0.650. The van der Waals surface area contributed by atoms with E-state index in [0.29, 0.717) is 23.7 Å². The number of piperidine rings is 1. The van der Waals surface area contributed by atoms with Gasteiger partial charge in [-0.15, -0.1) is 0 Å². The van der Waals surface area contributed by atoms with Gasteiger partial charge in [-0.3, -0.25) is 4.79 Å². The van der Waals surface area contributed by atoms with Crippen molar-refractivity contribution in [1.82, 2.24) is 15.1 Å². The highest BCUT2D eigenvalue weighted by molar-refractivity contribution is 5.77. The molecule has 1 atom stereocenters. The van der Waals surface area contributed by atoms with Crippen LogP contribution < -0.4 is 5.32 Å². The van der Waals surface area contributed by atoms with Crippen LogP contribution in [0.1, 0.15) is 42.7 Å². The summed E-state index contributed by atoms with van der Waals surface area (Å²) in [6, 6.07) is 8.91. The molecular weight excluding hydrogens is 298 g/mol. The normalized spacial score (nSPS) is 26.5. The highest BCUT2D eigenvalue weighted by atomic mass is 16.2. The van der Waals surface area contributed by atoms with E-state index in [9.17, 15) is 4.79 Å². The predicted molar refractivity (Wildman–Crippen MR) is 96.3 cm³/mol. The number of carbonyl (C=O) groups is 1. The second kappa shape index (κ2) is 6.49. The maximum absolute atomic E-state index is 12.8. The van der Waals surface area contributed by atoms with Crippen LogP contribution >= 0.6 is 0 Å². The summed E-state index contributed by atoms with van der Waals surface area (Å²) in [4.78, 5) is 17.2. The fourth-order valence-corrected chi connectivity index (χ4v) is 4.98. The van der Waals surface area contributed by atoms with Crippen molar-refractivity contribution in [2.24, 2.45) is 0 Å². The molecule has 0 unspecified atom stereocenters. The number of nitrogens with zero attached hydrogens (tertiary/aromatic N) is 2. The Balaban J connectivity index is 1.51. The average Bonchev–Trinajstić information content (AvgIpc) is 2.90. The summed E-state index contributed by atoms with van der Waals surface area (Å²) in [6.45, 7) is 5.99. The standard InChI is InChI=1S/C20H29N3O/c1-22-10-12-23(13-11-22)19(24)14-16-15-20(6-8-21-9-7-20)18-5-3-2-4-17(16)18/h2-5,16,21H,6-15H2,1H3/t16-/m1/s1. The first kappa shape index (κ1) is 16.1. The lowest BCUT2D eigenvalue weighted by molar-refractivity contribution is -0.133. The summed E-state index contributed by atoms with van der Waals surface area (Å²) in [5, 5.41) is 3.50. The van der Waals surface area contributed by atoms with Gasteiger partial charge in [-0.25, -0.2) is 0 Å². The molecule has 0 bridgehead atoms. The summed E-state index contributed by atoms with van der Waals surface area (Å²) in [7, 11) is 2.13. The van der Waals surface area contributed by atoms with Crippen LogP contribution in [-0.4, -0.2) is 62.0 Å². The van der Waals surface area contributed by atoms with Gasteiger partial charge in [0, 0.05) is 32.6 Å². The van der Waals surface area contributed by atoms with Gasteiger partial charge in [0.25, 0.3) is 0 Å². The molecule has 0 saturated carbocycles. The Morgan fingerprint density at radius 2 is 1.88 bits per heavy atom. The number of carbonyl (C=O) groups excluding carboxylic acids is 1. The Kier molecular flexibility index (Phi) is 4.35. The van der Waals surface area contributed by atoms with Crippen LogP contribution in [0.3, 0.4) is 0 Å². The van der Waals surface area contributed by atoms with Crippen LogP contribution in [0, 0.1) is 0 Å². The minimum atomic E-state index is 0.314.